The first-order valence-corrected chi connectivity index (χ1v) is 5.40. The van der Waals surface area contributed by atoms with Crippen molar-refractivity contribution in [2.75, 3.05) is 13.1 Å². The summed E-state index contributed by atoms with van der Waals surface area (Å²) in [6.07, 6.45) is -2.88. The summed E-state index contributed by atoms with van der Waals surface area (Å²) in [5.74, 6) is -0.695. The van der Waals surface area contributed by atoms with Crippen LogP contribution in [0, 0.1) is 5.92 Å². The zero-order valence-electron chi connectivity index (χ0n) is 9.18. The molecule has 0 N–H and O–H groups in total. The van der Waals surface area contributed by atoms with Crippen molar-refractivity contribution >= 4 is 6.09 Å². The minimum atomic E-state index is -2.35. The highest BCUT2D eigenvalue weighted by Gasteiger charge is 2.37. The molecule has 5 heteroatoms. The first-order chi connectivity index (χ1) is 8.16. The van der Waals surface area contributed by atoms with Gasteiger partial charge >= 0.3 is 6.09 Å². The SMILES string of the molecule is O=C(OCc1ccccc1)N1CC(C(F)F)C1. The fourth-order valence-corrected chi connectivity index (χ4v) is 1.63. The van der Waals surface area contributed by atoms with Crippen LogP contribution in [0.2, 0.25) is 0 Å². The number of nitrogens with zero attached hydrogens (tertiary/aromatic N) is 1. The number of alkyl halides is 2. The van der Waals surface area contributed by atoms with E-state index in [1.165, 1.54) is 4.90 Å². The molecule has 1 aliphatic rings. The summed E-state index contributed by atoms with van der Waals surface area (Å²) in [7, 11) is 0. The Labute approximate surface area is 98.0 Å². The molecular formula is C12H13F2NO2. The van der Waals surface area contributed by atoms with Crippen molar-refractivity contribution < 1.29 is 18.3 Å². The number of likely N-dealkylation sites (tertiary alicyclic amines) is 1. The lowest BCUT2D eigenvalue weighted by Gasteiger charge is -2.37. The number of amides is 1. The van der Waals surface area contributed by atoms with E-state index < -0.39 is 18.4 Å². The zero-order chi connectivity index (χ0) is 12.3. The van der Waals surface area contributed by atoms with Crippen LogP contribution in [0.4, 0.5) is 13.6 Å². The fourth-order valence-electron chi connectivity index (χ4n) is 1.63. The third kappa shape index (κ3) is 2.93. The average molecular weight is 241 g/mol. The van der Waals surface area contributed by atoms with Gasteiger partial charge in [-0.25, -0.2) is 13.6 Å². The Morgan fingerprint density at radius 3 is 2.59 bits per heavy atom. The molecule has 0 spiro atoms. The molecule has 3 nitrogen and oxygen atoms in total. The van der Waals surface area contributed by atoms with Crippen molar-refractivity contribution in [1.29, 1.82) is 0 Å². The van der Waals surface area contributed by atoms with Crippen LogP contribution in [-0.4, -0.2) is 30.5 Å². The summed E-state index contributed by atoms with van der Waals surface area (Å²) < 4.78 is 29.4. The Balaban J connectivity index is 1.73. The molecule has 1 saturated heterocycles. The Kier molecular flexibility index (Phi) is 3.56. The second-order valence-electron chi connectivity index (χ2n) is 4.04. The molecule has 0 aliphatic carbocycles. The average Bonchev–Trinajstić information content (AvgIpc) is 2.25. The van der Waals surface area contributed by atoms with Gasteiger partial charge in [0.25, 0.3) is 0 Å². The van der Waals surface area contributed by atoms with E-state index in [1.54, 1.807) is 0 Å². The number of carbonyl (C=O) groups excluding carboxylic acids is 1. The maximum Gasteiger partial charge on any atom is 0.410 e. The molecule has 0 unspecified atom stereocenters. The number of benzene rings is 1. The molecular weight excluding hydrogens is 228 g/mol. The van der Waals surface area contributed by atoms with Gasteiger partial charge in [-0.3, -0.25) is 0 Å². The third-order valence-electron chi connectivity index (χ3n) is 2.73. The van der Waals surface area contributed by atoms with Gasteiger partial charge in [0.2, 0.25) is 6.43 Å². The van der Waals surface area contributed by atoms with E-state index in [0.717, 1.165) is 5.56 Å². The Morgan fingerprint density at radius 2 is 2.00 bits per heavy atom. The Bertz CT molecular complexity index is 377. The van der Waals surface area contributed by atoms with Gasteiger partial charge < -0.3 is 9.64 Å². The zero-order valence-corrected chi connectivity index (χ0v) is 9.18. The van der Waals surface area contributed by atoms with E-state index >= 15 is 0 Å². The second kappa shape index (κ2) is 5.12. The van der Waals surface area contributed by atoms with Crippen LogP contribution in [-0.2, 0) is 11.3 Å². The monoisotopic (exact) mass is 241 g/mol. The largest absolute Gasteiger partial charge is 0.445 e. The topological polar surface area (TPSA) is 29.5 Å². The van der Waals surface area contributed by atoms with Crippen LogP contribution in [0.15, 0.2) is 30.3 Å². The number of carbonyl (C=O) groups is 1. The van der Waals surface area contributed by atoms with Gasteiger partial charge in [0, 0.05) is 13.1 Å². The number of hydrogen-bond donors (Lipinski definition) is 0. The summed E-state index contributed by atoms with van der Waals surface area (Å²) in [5.41, 5.74) is 0.881. The molecule has 0 radical (unpaired) electrons. The smallest absolute Gasteiger partial charge is 0.410 e. The van der Waals surface area contributed by atoms with Gasteiger partial charge in [-0.15, -0.1) is 0 Å². The van der Waals surface area contributed by atoms with Crippen molar-refractivity contribution in [1.82, 2.24) is 4.90 Å². The first-order valence-electron chi connectivity index (χ1n) is 5.40. The number of hydrogen-bond acceptors (Lipinski definition) is 2. The van der Waals surface area contributed by atoms with Gasteiger partial charge in [-0.2, -0.15) is 0 Å². The van der Waals surface area contributed by atoms with Crippen LogP contribution in [0.25, 0.3) is 0 Å². The van der Waals surface area contributed by atoms with E-state index in [2.05, 4.69) is 0 Å². The van der Waals surface area contributed by atoms with Crippen molar-refractivity contribution in [2.45, 2.75) is 13.0 Å². The van der Waals surface area contributed by atoms with Crippen molar-refractivity contribution in [2.24, 2.45) is 5.92 Å². The predicted molar refractivity (Wildman–Crippen MR) is 57.7 cm³/mol. The van der Waals surface area contributed by atoms with Gasteiger partial charge in [-0.05, 0) is 5.56 Å². The number of rotatable bonds is 3. The lowest BCUT2D eigenvalue weighted by molar-refractivity contribution is -0.0238. The molecule has 0 saturated carbocycles. The lowest BCUT2D eigenvalue weighted by atomic mass is 10.0. The summed E-state index contributed by atoms with van der Waals surface area (Å²) in [4.78, 5) is 12.7. The predicted octanol–water partition coefficient (Wildman–Crippen LogP) is 2.52. The molecule has 17 heavy (non-hydrogen) atoms. The molecule has 1 heterocycles. The first kappa shape index (κ1) is 11.8. The van der Waals surface area contributed by atoms with Gasteiger partial charge in [0.15, 0.2) is 0 Å². The minimum Gasteiger partial charge on any atom is -0.445 e. The van der Waals surface area contributed by atoms with Crippen LogP contribution in [0.3, 0.4) is 0 Å². The lowest BCUT2D eigenvalue weighted by Crippen LogP contribution is -2.52. The molecule has 0 atom stereocenters. The minimum absolute atomic E-state index is 0.0886. The summed E-state index contributed by atoms with van der Waals surface area (Å²) in [6.45, 7) is 0.353. The van der Waals surface area contributed by atoms with E-state index in [1.807, 2.05) is 30.3 Å². The second-order valence-corrected chi connectivity index (χ2v) is 4.04. The highest BCUT2D eigenvalue weighted by molar-refractivity contribution is 5.68. The maximum atomic E-state index is 12.2. The number of halogens is 2. The number of ether oxygens (including phenoxy) is 1. The fraction of sp³-hybridized carbons (Fsp3) is 0.417. The molecule has 0 aromatic heterocycles. The molecule has 1 aromatic rings. The van der Waals surface area contributed by atoms with Gasteiger partial charge in [0.05, 0.1) is 5.92 Å². The van der Waals surface area contributed by atoms with Crippen molar-refractivity contribution in [3.63, 3.8) is 0 Å². The van der Waals surface area contributed by atoms with Crippen LogP contribution >= 0.6 is 0 Å². The Hall–Kier alpha value is -1.65. The van der Waals surface area contributed by atoms with Crippen molar-refractivity contribution in [3.05, 3.63) is 35.9 Å². The molecule has 0 bridgehead atoms. The summed E-state index contributed by atoms with van der Waals surface area (Å²) in [6, 6.07) is 9.24. The van der Waals surface area contributed by atoms with E-state index in [-0.39, 0.29) is 19.7 Å². The molecule has 1 aliphatic heterocycles. The highest BCUT2D eigenvalue weighted by atomic mass is 19.3. The highest BCUT2D eigenvalue weighted by Crippen LogP contribution is 2.23. The van der Waals surface area contributed by atoms with E-state index in [0.29, 0.717) is 0 Å². The molecule has 92 valence electrons. The Morgan fingerprint density at radius 1 is 1.35 bits per heavy atom. The van der Waals surface area contributed by atoms with Gasteiger partial charge in [-0.1, -0.05) is 30.3 Å². The molecule has 1 amide bonds. The standard InChI is InChI=1S/C12H13F2NO2/c13-11(14)10-6-15(7-10)12(16)17-8-9-4-2-1-3-5-9/h1-5,10-11H,6-8H2. The van der Waals surface area contributed by atoms with E-state index in [4.69, 9.17) is 4.74 Å². The maximum absolute atomic E-state index is 12.2. The van der Waals surface area contributed by atoms with Crippen LogP contribution < -0.4 is 0 Å². The molecule has 1 aromatic carbocycles. The molecule has 1 fully saturated rings. The van der Waals surface area contributed by atoms with Crippen LogP contribution in [0.5, 0.6) is 0 Å². The van der Waals surface area contributed by atoms with Crippen molar-refractivity contribution in [3.8, 4) is 0 Å². The van der Waals surface area contributed by atoms with E-state index in [9.17, 15) is 13.6 Å². The summed E-state index contributed by atoms with van der Waals surface area (Å²) >= 11 is 0. The normalized spacial score (nSPS) is 15.8. The van der Waals surface area contributed by atoms with Gasteiger partial charge in [0.1, 0.15) is 6.61 Å². The summed E-state index contributed by atoms with van der Waals surface area (Å²) in [5, 5.41) is 0. The third-order valence-corrected chi connectivity index (χ3v) is 2.73. The van der Waals surface area contributed by atoms with Crippen LogP contribution in [0.1, 0.15) is 5.56 Å². The quantitative estimate of drug-likeness (QED) is 0.813. The molecule has 2 rings (SSSR count).